The fourth-order valence-corrected chi connectivity index (χ4v) is 0.581. The maximum absolute atomic E-state index is 4.27. The van der Waals surface area contributed by atoms with Crippen molar-refractivity contribution in [3.8, 4) is 0 Å². The molecule has 0 aromatic carbocycles. The van der Waals surface area contributed by atoms with Gasteiger partial charge in [0.1, 0.15) is 0 Å². The van der Waals surface area contributed by atoms with Gasteiger partial charge in [0.15, 0.2) is 0 Å². The normalized spacial score (nSPS) is 18.9. The second-order valence-electron chi connectivity index (χ2n) is 1.62. The highest BCUT2D eigenvalue weighted by Gasteiger charge is 2.13. The van der Waals surface area contributed by atoms with E-state index in [1.807, 2.05) is 6.92 Å². The Bertz CT molecular complexity index is 44.9. The maximum atomic E-state index is 4.27. The molecule has 0 N–H and O–H groups in total. The Balaban J connectivity index is 3.36. The second kappa shape index (κ2) is 3.15. The summed E-state index contributed by atoms with van der Waals surface area (Å²) in [5.41, 5.74) is 0. The van der Waals surface area contributed by atoms with Gasteiger partial charge in [0, 0.05) is 0 Å². The molecule has 0 aromatic rings. The Hall–Kier alpha value is 1.05. The van der Waals surface area contributed by atoms with Gasteiger partial charge in [-0.15, -0.1) is 11.7 Å². The van der Waals surface area contributed by atoms with Crippen molar-refractivity contribution in [1.82, 2.24) is 0 Å². The van der Waals surface area contributed by atoms with Gasteiger partial charge in [-0.25, -0.2) is 0 Å². The van der Waals surface area contributed by atoms with Crippen molar-refractivity contribution in [2.75, 3.05) is 0 Å². The second-order valence-corrected chi connectivity index (χ2v) is 4.54. The van der Waals surface area contributed by atoms with Gasteiger partial charge in [-0.2, -0.15) is 12.6 Å². The molecule has 0 aliphatic rings. The van der Waals surface area contributed by atoms with E-state index < -0.39 is 0 Å². The third kappa shape index (κ3) is 3.62. The highest BCUT2D eigenvalue weighted by molar-refractivity contribution is 8.70. The maximum Gasteiger partial charge on any atom is 0.0651 e. The summed E-state index contributed by atoms with van der Waals surface area (Å²) in [6.45, 7) is 4.14. The van der Waals surface area contributed by atoms with Gasteiger partial charge in [-0.3, -0.25) is 0 Å². The number of hydrogen-bond donors (Lipinski definition) is 2. The first-order valence-corrected chi connectivity index (χ1v) is 4.49. The van der Waals surface area contributed by atoms with Crippen LogP contribution < -0.4 is 0 Å². The molecule has 0 amide bonds. The lowest BCUT2D eigenvalue weighted by Gasteiger charge is -2.15. The molecule has 0 unspecified atom stereocenters. The van der Waals surface area contributed by atoms with E-state index in [0.717, 1.165) is 6.42 Å². The minimum Gasteiger partial charge on any atom is -0.161 e. The molecule has 1 atom stereocenters. The molecule has 3 heteroatoms. The molecule has 0 radical (unpaired) electrons. The summed E-state index contributed by atoms with van der Waals surface area (Å²) >= 11 is 8.29. The van der Waals surface area contributed by atoms with Crippen molar-refractivity contribution in [2.24, 2.45) is 0 Å². The Labute approximate surface area is 59.7 Å². The molecule has 0 saturated heterocycles. The molecule has 0 heterocycles. The van der Waals surface area contributed by atoms with Gasteiger partial charge in [0.2, 0.25) is 0 Å². The molecule has 0 bridgehead atoms. The van der Waals surface area contributed by atoms with Gasteiger partial charge in [-0.05, 0) is 13.3 Å². The first kappa shape index (κ1) is 8.05. The van der Waals surface area contributed by atoms with Crippen LogP contribution in [0.4, 0.5) is 0 Å². The van der Waals surface area contributed by atoms with E-state index in [2.05, 4.69) is 31.2 Å². The highest BCUT2D eigenvalue weighted by atomic mass is 33.1. The van der Waals surface area contributed by atoms with Gasteiger partial charge in [0.25, 0.3) is 0 Å². The summed E-state index contributed by atoms with van der Waals surface area (Å²) in [6.07, 6.45) is 1.05. The van der Waals surface area contributed by atoms with Crippen LogP contribution in [0.2, 0.25) is 0 Å². The molecule has 0 nitrogen and oxygen atoms in total. The molecule has 0 aromatic heterocycles. The molecule has 44 valence electrons. The Morgan fingerprint density at radius 2 is 2.14 bits per heavy atom. The average molecular weight is 154 g/mol. The van der Waals surface area contributed by atoms with Crippen molar-refractivity contribution in [2.45, 2.75) is 24.3 Å². The van der Waals surface area contributed by atoms with Crippen molar-refractivity contribution in [1.29, 1.82) is 0 Å². The smallest absolute Gasteiger partial charge is 0.0651 e. The SMILES string of the molecule is CC[C@@](C)(S)SS. The molecule has 0 fully saturated rings. The van der Waals surface area contributed by atoms with Gasteiger partial charge >= 0.3 is 0 Å². The van der Waals surface area contributed by atoms with Crippen molar-refractivity contribution >= 4 is 35.1 Å². The minimum absolute atomic E-state index is 0.0586. The largest absolute Gasteiger partial charge is 0.161 e. The standard InChI is InChI=1S/C4H10S3/c1-3-4(2,5)7-6/h5-6H,3H2,1-2H3/t4-/m0/s1. The molecule has 0 spiro atoms. The summed E-state index contributed by atoms with van der Waals surface area (Å²) < 4.78 is 0.0586. The Morgan fingerprint density at radius 1 is 1.71 bits per heavy atom. The summed E-state index contributed by atoms with van der Waals surface area (Å²) in [5.74, 6) is 0. The molecule has 7 heavy (non-hydrogen) atoms. The number of rotatable bonds is 2. The van der Waals surface area contributed by atoms with Crippen LogP contribution in [0.1, 0.15) is 20.3 Å². The average Bonchev–Trinajstić information content (AvgIpc) is 1.68. The predicted molar refractivity (Wildman–Crippen MR) is 44.3 cm³/mol. The van der Waals surface area contributed by atoms with E-state index in [9.17, 15) is 0 Å². The van der Waals surface area contributed by atoms with Crippen LogP contribution in [0.3, 0.4) is 0 Å². The lowest BCUT2D eigenvalue weighted by atomic mass is 10.4. The van der Waals surface area contributed by atoms with Crippen molar-refractivity contribution in [3.63, 3.8) is 0 Å². The molecule has 0 saturated carbocycles. The van der Waals surface area contributed by atoms with Gasteiger partial charge in [0.05, 0.1) is 4.08 Å². The van der Waals surface area contributed by atoms with E-state index >= 15 is 0 Å². The van der Waals surface area contributed by atoms with Gasteiger partial charge < -0.3 is 0 Å². The summed E-state index contributed by atoms with van der Waals surface area (Å²) in [5, 5.41) is 0. The van der Waals surface area contributed by atoms with Crippen LogP contribution in [-0.2, 0) is 0 Å². The first-order chi connectivity index (χ1) is 3.12. The van der Waals surface area contributed by atoms with Crippen LogP contribution in [0.5, 0.6) is 0 Å². The van der Waals surface area contributed by atoms with Crippen LogP contribution in [0, 0.1) is 0 Å². The van der Waals surface area contributed by atoms with E-state index in [-0.39, 0.29) is 4.08 Å². The number of thiol groups is 2. The molecule has 0 rings (SSSR count). The zero-order chi connectivity index (χ0) is 5.91. The minimum atomic E-state index is 0.0586. The zero-order valence-electron chi connectivity index (χ0n) is 4.51. The summed E-state index contributed by atoms with van der Waals surface area (Å²) in [7, 11) is 1.49. The number of hydrogen-bond acceptors (Lipinski definition) is 3. The van der Waals surface area contributed by atoms with E-state index in [1.54, 1.807) is 0 Å². The van der Waals surface area contributed by atoms with Crippen molar-refractivity contribution in [3.05, 3.63) is 0 Å². The molecular weight excluding hydrogens is 144 g/mol. The quantitative estimate of drug-likeness (QED) is 0.350. The van der Waals surface area contributed by atoms with E-state index in [4.69, 9.17) is 0 Å². The van der Waals surface area contributed by atoms with Crippen LogP contribution in [0.15, 0.2) is 0 Å². The van der Waals surface area contributed by atoms with E-state index in [0.29, 0.717) is 0 Å². The molecule has 0 aliphatic heterocycles. The van der Waals surface area contributed by atoms with Crippen molar-refractivity contribution < 1.29 is 0 Å². The predicted octanol–water partition coefficient (Wildman–Crippen LogP) is 2.62. The third-order valence-electron chi connectivity index (χ3n) is 0.853. The van der Waals surface area contributed by atoms with Crippen LogP contribution >= 0.6 is 35.1 Å². The fourth-order valence-electron chi connectivity index (χ4n) is 0.0645. The first-order valence-electron chi connectivity index (χ1n) is 2.17. The topological polar surface area (TPSA) is 0 Å². The van der Waals surface area contributed by atoms with E-state index in [1.165, 1.54) is 10.8 Å². The highest BCUT2D eigenvalue weighted by Crippen LogP contribution is 2.34. The lowest BCUT2D eigenvalue weighted by molar-refractivity contribution is 0.859. The fraction of sp³-hybridized carbons (Fsp3) is 1.00. The molecule has 0 aliphatic carbocycles. The third-order valence-corrected chi connectivity index (χ3v) is 3.77. The Kier molecular flexibility index (Phi) is 3.62. The van der Waals surface area contributed by atoms with Crippen LogP contribution in [0.25, 0.3) is 0 Å². The van der Waals surface area contributed by atoms with Crippen LogP contribution in [-0.4, -0.2) is 4.08 Å². The molecular formula is C4H10S3. The summed E-state index contributed by atoms with van der Waals surface area (Å²) in [4.78, 5) is 0. The van der Waals surface area contributed by atoms with Gasteiger partial charge in [-0.1, -0.05) is 17.7 Å². The monoisotopic (exact) mass is 154 g/mol. The Morgan fingerprint density at radius 3 is 2.14 bits per heavy atom. The summed E-state index contributed by atoms with van der Waals surface area (Å²) in [6, 6.07) is 0. The zero-order valence-corrected chi connectivity index (χ0v) is 7.12. The lowest BCUT2D eigenvalue weighted by Crippen LogP contribution is -2.04.